The minimum atomic E-state index is -1.28. The van der Waals surface area contributed by atoms with Gasteiger partial charge in [0.05, 0.1) is 25.3 Å². The highest BCUT2D eigenvalue weighted by atomic mass is 16.6. The molecule has 0 aliphatic rings. The first-order chi connectivity index (χ1) is 37.4. The summed E-state index contributed by atoms with van der Waals surface area (Å²) in [6.45, 7) is 21.4. The predicted octanol–water partition coefficient (Wildman–Crippen LogP) is 5.30. The van der Waals surface area contributed by atoms with Crippen LogP contribution >= 0.6 is 0 Å². The van der Waals surface area contributed by atoms with Crippen molar-refractivity contribution in [3.05, 3.63) is 77.5 Å². The molecule has 0 aliphatic heterocycles. The van der Waals surface area contributed by atoms with Crippen molar-refractivity contribution in [1.82, 2.24) is 35.6 Å². The molecule has 0 radical (unpaired) electrons. The number of anilines is 1. The van der Waals surface area contributed by atoms with E-state index in [-0.39, 0.29) is 63.0 Å². The number of nitrogens with two attached hydrogens (primary N) is 2. The van der Waals surface area contributed by atoms with Gasteiger partial charge >= 0.3 is 24.1 Å². The lowest BCUT2D eigenvalue weighted by Gasteiger charge is -2.42. The van der Waals surface area contributed by atoms with E-state index < -0.39 is 101 Å². The molecule has 0 spiro atoms. The van der Waals surface area contributed by atoms with E-state index in [2.05, 4.69) is 26.6 Å². The number of fused-ring (bicyclic) bond motifs is 1. The molecule has 0 saturated heterocycles. The van der Waals surface area contributed by atoms with E-state index in [1.54, 1.807) is 92.8 Å². The van der Waals surface area contributed by atoms with Crippen LogP contribution in [0.5, 0.6) is 0 Å². The Bertz CT molecular complexity index is 2670. The highest BCUT2D eigenvalue weighted by Crippen LogP contribution is 2.37. The summed E-state index contributed by atoms with van der Waals surface area (Å²) in [7, 11) is 4.93. The molecule has 0 saturated carbocycles. The Labute approximate surface area is 471 Å². The first kappa shape index (κ1) is 66.8. The zero-order valence-electron chi connectivity index (χ0n) is 49.4. The van der Waals surface area contributed by atoms with Crippen LogP contribution in [-0.2, 0) is 66.8 Å². The Balaban J connectivity index is 1.95. The van der Waals surface area contributed by atoms with Gasteiger partial charge in [0.1, 0.15) is 30.8 Å². The number of urea groups is 1. The van der Waals surface area contributed by atoms with Gasteiger partial charge in [-0.15, -0.1) is 0 Å². The number of amides is 8. The van der Waals surface area contributed by atoms with Crippen LogP contribution in [0.2, 0.25) is 0 Å². The number of para-hydroxylation sites is 1. The first-order valence-corrected chi connectivity index (χ1v) is 27.2. The van der Waals surface area contributed by atoms with Gasteiger partial charge in [-0.1, -0.05) is 98.7 Å². The van der Waals surface area contributed by atoms with E-state index in [0.717, 1.165) is 16.5 Å². The van der Waals surface area contributed by atoms with Crippen LogP contribution in [0.1, 0.15) is 120 Å². The fourth-order valence-electron chi connectivity index (χ4n) is 9.18. The van der Waals surface area contributed by atoms with Crippen molar-refractivity contribution in [1.29, 1.82) is 0 Å². The largest absolute Gasteiger partial charge is 0.466 e. The Morgan fingerprint density at radius 2 is 1.38 bits per heavy atom. The number of hydrogen-bond acceptors (Lipinski definition) is 13. The molecule has 6 atom stereocenters. The van der Waals surface area contributed by atoms with Gasteiger partial charge in [-0.3, -0.25) is 33.7 Å². The number of esters is 2. The number of hydrogen-bond donors (Lipinski definition) is 7. The van der Waals surface area contributed by atoms with E-state index in [1.807, 2.05) is 69.8 Å². The molecule has 2 unspecified atom stereocenters. The summed E-state index contributed by atoms with van der Waals surface area (Å²) < 4.78 is 18.0. The lowest BCUT2D eigenvalue weighted by molar-refractivity contribution is -0.148. The molecule has 2 aromatic carbocycles. The summed E-state index contributed by atoms with van der Waals surface area (Å²) in [5.74, 6) is -4.44. The quantitative estimate of drug-likeness (QED) is 0.0210. The van der Waals surface area contributed by atoms with E-state index in [1.165, 1.54) is 16.8 Å². The van der Waals surface area contributed by atoms with Crippen LogP contribution in [0.3, 0.4) is 0 Å². The van der Waals surface area contributed by atoms with Gasteiger partial charge in [0.15, 0.2) is 0 Å². The highest BCUT2D eigenvalue weighted by Gasteiger charge is 2.46. The molecule has 3 rings (SSSR count). The molecule has 1 heterocycles. The van der Waals surface area contributed by atoms with Crippen LogP contribution in [-0.4, -0.2) is 138 Å². The van der Waals surface area contributed by atoms with Crippen LogP contribution in [0.15, 0.2) is 66.4 Å². The molecule has 442 valence electrons. The van der Waals surface area contributed by atoms with Crippen LogP contribution in [0.25, 0.3) is 10.9 Å². The van der Waals surface area contributed by atoms with E-state index >= 15 is 4.79 Å². The number of rotatable bonds is 28. The number of aryl methyl sites for hydroxylation is 1. The topological polar surface area (TPSA) is 305 Å². The van der Waals surface area contributed by atoms with Crippen molar-refractivity contribution in [3.63, 3.8) is 0 Å². The Morgan fingerprint density at radius 3 is 1.95 bits per heavy atom. The van der Waals surface area contributed by atoms with Crippen molar-refractivity contribution >= 4 is 70.2 Å². The molecular weight excluding hydrogens is 1030 g/mol. The average Bonchev–Trinajstić information content (AvgIpc) is 3.75. The van der Waals surface area contributed by atoms with Crippen LogP contribution in [0.4, 0.5) is 15.3 Å². The number of carbonyl (C=O) groups is 9. The molecule has 22 heteroatoms. The normalized spacial score (nSPS) is 14.2. The van der Waals surface area contributed by atoms with Gasteiger partial charge in [-0.2, -0.15) is 0 Å². The number of likely N-dealkylation sites (N-methyl/N-ethyl adjacent to an activating group) is 2. The van der Waals surface area contributed by atoms with Crippen molar-refractivity contribution in [2.75, 3.05) is 39.2 Å². The summed E-state index contributed by atoms with van der Waals surface area (Å²) in [5.41, 5.74) is 12.0. The smallest absolute Gasteiger partial charge is 0.410 e. The molecular formula is C58H88N10O12. The number of primary amides is 1. The number of nitrogens with zero attached hydrogens (tertiary/aromatic N) is 3. The second kappa shape index (κ2) is 30.2. The van der Waals surface area contributed by atoms with Crippen molar-refractivity contribution < 1.29 is 57.4 Å². The minimum absolute atomic E-state index is 0.0545. The molecule has 80 heavy (non-hydrogen) atoms. The standard InChI is InChI=1S/C58H88N10O12/c1-16-78-45(69)29-28-42(54(75)79-17-2)64-49(70)36(7)31-44(34(3)4)67(14)53(74)47(57(8,9)10)65-52(73)48(58(11,12)40-32-66(13)43-23-19-18-21-39(40)43)68(15)56(77)80-33-37-24-26-38(27-25-37)62-50(71)41(22-20-30-61-55(60)76)63-51(72)46(59)35(5)6/h18-19,21,23-27,31-32,34-35,41-42,44,46-48H,16-17,20,22,28-30,33,59H2,1-15H3,(H,62,71)(H,63,72)(H,64,70)(H,65,73)(H3,60,61,76)/b36-31+/t41-,42+,44+,46?,47?,48+/m0/s1. The lowest BCUT2D eigenvalue weighted by Crippen LogP contribution is -2.63. The molecule has 8 amide bonds. The highest BCUT2D eigenvalue weighted by molar-refractivity contribution is 5.99. The SMILES string of the molecule is CCOC(=O)CC[C@@H](NC(=O)/C(C)=C/[C@H](C(C)C)N(C)C(=O)C(NC(=O)[C@@H](N(C)C(=O)OCc1ccc(NC(=O)[C@H](CCCNC(N)=O)NC(=O)C(N)C(C)C)cc1)C(C)(C)c1cn(C)c2ccccc12)C(C)(C)C)C(=O)OCC. The minimum Gasteiger partial charge on any atom is -0.466 e. The van der Waals surface area contributed by atoms with Gasteiger partial charge in [0.2, 0.25) is 29.5 Å². The molecule has 0 bridgehead atoms. The van der Waals surface area contributed by atoms with E-state index in [0.29, 0.717) is 17.7 Å². The molecule has 0 fully saturated rings. The maximum Gasteiger partial charge on any atom is 0.410 e. The third-order valence-corrected chi connectivity index (χ3v) is 13.9. The van der Waals surface area contributed by atoms with Gasteiger partial charge in [-0.25, -0.2) is 14.4 Å². The molecule has 3 aromatic rings. The van der Waals surface area contributed by atoms with Crippen molar-refractivity contribution in [3.8, 4) is 0 Å². The van der Waals surface area contributed by atoms with E-state index in [4.69, 9.17) is 25.7 Å². The predicted molar refractivity (Wildman–Crippen MR) is 305 cm³/mol. The summed E-state index contributed by atoms with van der Waals surface area (Å²) in [6, 6.07) is 7.34. The monoisotopic (exact) mass is 1120 g/mol. The fourth-order valence-corrected chi connectivity index (χ4v) is 9.18. The second-order valence-corrected chi connectivity index (χ2v) is 22.4. The molecule has 9 N–H and O–H groups in total. The van der Waals surface area contributed by atoms with Crippen molar-refractivity contribution in [2.24, 2.45) is 35.8 Å². The Morgan fingerprint density at radius 1 is 0.750 bits per heavy atom. The number of benzene rings is 2. The average molecular weight is 1120 g/mol. The van der Waals surface area contributed by atoms with Gasteiger partial charge < -0.3 is 61.7 Å². The maximum absolute atomic E-state index is 15.3. The number of nitrogens with one attached hydrogen (secondary N) is 5. The zero-order chi connectivity index (χ0) is 60.4. The van der Waals surface area contributed by atoms with Gasteiger partial charge in [0.25, 0.3) is 0 Å². The molecule has 22 nitrogen and oxygen atoms in total. The first-order valence-electron chi connectivity index (χ1n) is 27.2. The van der Waals surface area contributed by atoms with Gasteiger partial charge in [-0.05, 0) is 86.6 Å². The molecule has 0 aliphatic carbocycles. The molecule has 1 aromatic heterocycles. The third kappa shape index (κ3) is 18.8. The van der Waals surface area contributed by atoms with Gasteiger partial charge in [0, 0.05) is 67.9 Å². The number of carbonyl (C=O) groups excluding carboxylic acids is 9. The second-order valence-electron chi connectivity index (χ2n) is 22.4. The van der Waals surface area contributed by atoms with Crippen molar-refractivity contribution in [2.45, 2.75) is 157 Å². The summed E-state index contributed by atoms with van der Waals surface area (Å²) in [6.07, 6.45) is 3.00. The Hall–Kier alpha value is -7.49. The number of ether oxygens (including phenoxy) is 3. The van der Waals surface area contributed by atoms with Crippen LogP contribution < -0.4 is 38.1 Å². The third-order valence-electron chi connectivity index (χ3n) is 13.9. The lowest BCUT2D eigenvalue weighted by atomic mass is 9.76. The number of aromatic nitrogens is 1. The van der Waals surface area contributed by atoms with E-state index in [9.17, 15) is 38.4 Å². The Kier molecular flexibility index (Phi) is 25.2. The summed E-state index contributed by atoms with van der Waals surface area (Å²) in [4.78, 5) is 123. The fraction of sp³-hybridized carbons (Fsp3) is 0.569. The van der Waals surface area contributed by atoms with Crippen LogP contribution in [0, 0.1) is 17.3 Å². The summed E-state index contributed by atoms with van der Waals surface area (Å²) in [5, 5.41) is 14.5. The maximum atomic E-state index is 15.3. The zero-order valence-corrected chi connectivity index (χ0v) is 49.4. The summed E-state index contributed by atoms with van der Waals surface area (Å²) >= 11 is 0.